The van der Waals surface area contributed by atoms with E-state index < -0.39 is 10.0 Å². The van der Waals surface area contributed by atoms with Gasteiger partial charge in [-0.15, -0.1) is 0 Å². The lowest BCUT2D eigenvalue weighted by Crippen LogP contribution is -2.38. The van der Waals surface area contributed by atoms with Gasteiger partial charge in [-0.2, -0.15) is 4.31 Å². The molecule has 0 unspecified atom stereocenters. The molecule has 0 aliphatic carbocycles. The van der Waals surface area contributed by atoms with Crippen molar-refractivity contribution in [2.45, 2.75) is 38.1 Å². The Kier molecular flexibility index (Phi) is 4.83. The fourth-order valence-electron chi connectivity index (χ4n) is 2.69. The number of nitrogens with one attached hydrogen (secondary N) is 1. The van der Waals surface area contributed by atoms with E-state index in [4.69, 9.17) is 0 Å². The fraction of sp³-hybridized carbons (Fsp3) is 0.600. The van der Waals surface area contributed by atoms with E-state index in [0.717, 1.165) is 24.0 Å². The zero-order valence-electron chi connectivity index (χ0n) is 12.5. The molecule has 5 heteroatoms. The van der Waals surface area contributed by atoms with E-state index in [1.807, 2.05) is 26.1 Å². The molecule has 0 atom stereocenters. The van der Waals surface area contributed by atoms with Crippen molar-refractivity contribution >= 4 is 10.0 Å². The summed E-state index contributed by atoms with van der Waals surface area (Å²) >= 11 is 0. The Labute approximate surface area is 122 Å². The van der Waals surface area contributed by atoms with E-state index in [2.05, 4.69) is 12.2 Å². The third-order valence-corrected chi connectivity index (χ3v) is 6.17. The van der Waals surface area contributed by atoms with Crippen LogP contribution in [0.5, 0.6) is 0 Å². The summed E-state index contributed by atoms with van der Waals surface area (Å²) in [5, 5.41) is 3.08. The largest absolute Gasteiger partial charge is 0.316 e. The molecular weight excluding hydrogens is 272 g/mol. The number of hydrogen-bond donors (Lipinski definition) is 1. The molecule has 2 rings (SSSR count). The fourth-order valence-corrected chi connectivity index (χ4v) is 4.42. The smallest absolute Gasteiger partial charge is 0.243 e. The van der Waals surface area contributed by atoms with E-state index in [0.29, 0.717) is 30.4 Å². The van der Waals surface area contributed by atoms with Gasteiger partial charge in [-0.3, -0.25) is 0 Å². The molecule has 0 spiro atoms. The molecule has 0 saturated carbocycles. The van der Waals surface area contributed by atoms with Crippen LogP contribution >= 0.6 is 0 Å². The minimum atomic E-state index is -3.35. The van der Waals surface area contributed by atoms with Crippen molar-refractivity contribution in [1.29, 1.82) is 0 Å². The van der Waals surface area contributed by atoms with E-state index in [-0.39, 0.29) is 0 Å². The van der Waals surface area contributed by atoms with Gasteiger partial charge in [-0.25, -0.2) is 8.42 Å². The SMILES string of the molecule is CNCc1cccc(S(=O)(=O)N2CCC(C)CC2)c1C. The average Bonchev–Trinajstić information content (AvgIpc) is 2.41. The van der Waals surface area contributed by atoms with Gasteiger partial charge >= 0.3 is 0 Å². The normalized spacial score (nSPS) is 18.4. The molecule has 1 N–H and O–H groups in total. The molecule has 1 saturated heterocycles. The standard InChI is InChI=1S/C15H24N2O2S/c1-12-7-9-17(10-8-12)20(18,19)15-6-4-5-14(11-16-3)13(15)2/h4-6,12,16H,7-11H2,1-3H3. The molecule has 1 aliphatic heterocycles. The Balaban J connectivity index is 2.32. The van der Waals surface area contributed by atoms with Crippen molar-refractivity contribution in [3.05, 3.63) is 29.3 Å². The highest BCUT2D eigenvalue weighted by molar-refractivity contribution is 7.89. The summed E-state index contributed by atoms with van der Waals surface area (Å²) in [5.74, 6) is 0.623. The summed E-state index contributed by atoms with van der Waals surface area (Å²) in [4.78, 5) is 0.458. The molecule has 1 aromatic carbocycles. The lowest BCUT2D eigenvalue weighted by molar-refractivity contribution is 0.288. The van der Waals surface area contributed by atoms with Crippen LogP contribution in [0.25, 0.3) is 0 Å². The maximum atomic E-state index is 12.8. The Morgan fingerprint density at radius 2 is 1.95 bits per heavy atom. The van der Waals surface area contributed by atoms with Crippen LogP contribution in [0.3, 0.4) is 0 Å². The van der Waals surface area contributed by atoms with Gasteiger partial charge in [0.25, 0.3) is 0 Å². The first-order chi connectivity index (χ1) is 9.46. The van der Waals surface area contributed by atoms with E-state index >= 15 is 0 Å². The zero-order valence-corrected chi connectivity index (χ0v) is 13.3. The van der Waals surface area contributed by atoms with Crippen LogP contribution in [-0.4, -0.2) is 32.9 Å². The van der Waals surface area contributed by atoms with E-state index in [1.54, 1.807) is 10.4 Å². The number of benzene rings is 1. The number of piperidine rings is 1. The predicted octanol–water partition coefficient (Wildman–Crippen LogP) is 2.14. The summed E-state index contributed by atoms with van der Waals surface area (Å²) in [6, 6.07) is 5.53. The highest BCUT2D eigenvalue weighted by Gasteiger charge is 2.29. The molecule has 0 aromatic heterocycles. The van der Waals surface area contributed by atoms with Gasteiger partial charge in [-0.05, 0) is 49.9 Å². The molecule has 0 bridgehead atoms. The van der Waals surface area contributed by atoms with E-state index in [1.165, 1.54) is 0 Å². The molecule has 1 heterocycles. The number of nitrogens with zero attached hydrogens (tertiary/aromatic N) is 1. The van der Waals surface area contributed by atoms with Crippen molar-refractivity contribution in [3.63, 3.8) is 0 Å². The van der Waals surface area contributed by atoms with Crippen LogP contribution < -0.4 is 5.32 Å². The number of hydrogen-bond acceptors (Lipinski definition) is 3. The zero-order chi connectivity index (χ0) is 14.8. The summed E-state index contributed by atoms with van der Waals surface area (Å²) < 4.78 is 27.2. The van der Waals surface area contributed by atoms with Gasteiger partial charge in [0.05, 0.1) is 4.90 Å². The van der Waals surface area contributed by atoms with Gasteiger partial charge in [0.1, 0.15) is 0 Å². The summed E-state index contributed by atoms with van der Waals surface area (Å²) in [6.07, 6.45) is 1.91. The molecule has 0 radical (unpaired) electrons. The highest BCUT2D eigenvalue weighted by atomic mass is 32.2. The second kappa shape index (κ2) is 6.24. The molecule has 1 aliphatic rings. The Morgan fingerprint density at radius 3 is 2.55 bits per heavy atom. The lowest BCUT2D eigenvalue weighted by Gasteiger charge is -2.30. The Hall–Kier alpha value is -0.910. The maximum Gasteiger partial charge on any atom is 0.243 e. The first-order valence-corrected chi connectivity index (χ1v) is 8.64. The van der Waals surface area contributed by atoms with Gasteiger partial charge in [-0.1, -0.05) is 19.1 Å². The van der Waals surface area contributed by atoms with Crippen LogP contribution in [0.2, 0.25) is 0 Å². The molecule has 1 aromatic rings. The quantitative estimate of drug-likeness (QED) is 0.926. The molecule has 4 nitrogen and oxygen atoms in total. The van der Waals surface area contributed by atoms with Crippen LogP contribution in [0.4, 0.5) is 0 Å². The van der Waals surface area contributed by atoms with Gasteiger partial charge in [0.2, 0.25) is 10.0 Å². The van der Waals surface area contributed by atoms with Crippen LogP contribution in [0.15, 0.2) is 23.1 Å². The average molecular weight is 296 g/mol. The van der Waals surface area contributed by atoms with Gasteiger partial charge in [0.15, 0.2) is 0 Å². The summed E-state index contributed by atoms with van der Waals surface area (Å²) in [7, 11) is -1.48. The van der Waals surface area contributed by atoms with Crippen molar-refractivity contribution in [3.8, 4) is 0 Å². The first kappa shape index (κ1) is 15.5. The van der Waals surface area contributed by atoms with Crippen molar-refractivity contribution < 1.29 is 8.42 Å². The minimum Gasteiger partial charge on any atom is -0.316 e. The second-order valence-corrected chi connectivity index (χ2v) is 7.56. The summed E-state index contributed by atoms with van der Waals surface area (Å²) in [6.45, 7) is 6.04. The molecule has 112 valence electrons. The topological polar surface area (TPSA) is 49.4 Å². The molecule has 1 fully saturated rings. The van der Waals surface area contributed by atoms with Gasteiger partial charge in [0, 0.05) is 19.6 Å². The molecular formula is C15H24N2O2S. The van der Waals surface area contributed by atoms with Crippen LogP contribution in [0.1, 0.15) is 30.9 Å². The first-order valence-electron chi connectivity index (χ1n) is 7.20. The van der Waals surface area contributed by atoms with Gasteiger partial charge < -0.3 is 5.32 Å². The highest BCUT2D eigenvalue weighted by Crippen LogP contribution is 2.26. The molecule has 0 amide bonds. The Bertz CT molecular complexity index is 561. The maximum absolute atomic E-state index is 12.8. The summed E-state index contributed by atoms with van der Waals surface area (Å²) in [5.41, 5.74) is 1.90. The monoisotopic (exact) mass is 296 g/mol. The third-order valence-electron chi connectivity index (χ3n) is 4.12. The molecule has 20 heavy (non-hydrogen) atoms. The third kappa shape index (κ3) is 3.05. The van der Waals surface area contributed by atoms with Crippen LogP contribution in [0, 0.1) is 12.8 Å². The lowest BCUT2D eigenvalue weighted by atomic mass is 10.0. The predicted molar refractivity (Wildman–Crippen MR) is 81.1 cm³/mol. The van der Waals surface area contributed by atoms with Crippen molar-refractivity contribution in [2.24, 2.45) is 5.92 Å². The second-order valence-electron chi connectivity index (χ2n) is 5.66. The Morgan fingerprint density at radius 1 is 1.30 bits per heavy atom. The number of rotatable bonds is 4. The van der Waals surface area contributed by atoms with E-state index in [9.17, 15) is 8.42 Å². The van der Waals surface area contributed by atoms with Crippen molar-refractivity contribution in [1.82, 2.24) is 9.62 Å². The van der Waals surface area contributed by atoms with Crippen molar-refractivity contribution in [2.75, 3.05) is 20.1 Å². The minimum absolute atomic E-state index is 0.458. The number of sulfonamides is 1. The van der Waals surface area contributed by atoms with Crippen LogP contribution in [-0.2, 0) is 16.6 Å².